The molecule has 5 nitrogen and oxygen atoms in total. The Labute approximate surface area is 93.5 Å². The van der Waals surface area contributed by atoms with Gasteiger partial charge in [-0.05, 0) is 25.7 Å². The van der Waals surface area contributed by atoms with E-state index in [0.717, 1.165) is 50.3 Å². The van der Waals surface area contributed by atoms with Crippen molar-refractivity contribution < 1.29 is 9.90 Å². The van der Waals surface area contributed by atoms with Gasteiger partial charge in [-0.25, -0.2) is 0 Å². The van der Waals surface area contributed by atoms with E-state index in [0.29, 0.717) is 5.92 Å². The summed E-state index contributed by atoms with van der Waals surface area (Å²) in [5.41, 5.74) is 0. The van der Waals surface area contributed by atoms with Crippen molar-refractivity contribution in [2.45, 2.75) is 44.6 Å². The predicted molar refractivity (Wildman–Crippen MR) is 56.1 cm³/mol. The highest BCUT2D eigenvalue weighted by atomic mass is 16.4. The lowest BCUT2D eigenvalue weighted by Crippen LogP contribution is -2.10. The van der Waals surface area contributed by atoms with Crippen LogP contribution < -0.4 is 0 Å². The monoisotopic (exact) mass is 221 g/mol. The van der Waals surface area contributed by atoms with Crippen LogP contribution in [-0.4, -0.2) is 25.8 Å². The van der Waals surface area contributed by atoms with Crippen molar-refractivity contribution >= 4 is 5.97 Å². The van der Waals surface area contributed by atoms with Gasteiger partial charge in [-0.2, -0.15) is 0 Å². The standard InChI is InChI=1S/C11H15N3O2/c15-11(16)8-4-3-7(6-8)10-13-12-9-2-1-5-14(9)10/h7-8H,1-6H2,(H,15,16). The van der Waals surface area contributed by atoms with Gasteiger partial charge in [0, 0.05) is 18.9 Å². The molecule has 1 aliphatic heterocycles. The first kappa shape index (κ1) is 9.81. The van der Waals surface area contributed by atoms with Gasteiger partial charge in [0.15, 0.2) is 0 Å². The Balaban J connectivity index is 1.81. The van der Waals surface area contributed by atoms with Crippen LogP contribution in [0.25, 0.3) is 0 Å². The largest absolute Gasteiger partial charge is 0.481 e. The van der Waals surface area contributed by atoms with Crippen molar-refractivity contribution in [3.05, 3.63) is 11.6 Å². The molecule has 2 unspecified atom stereocenters. The van der Waals surface area contributed by atoms with E-state index in [2.05, 4.69) is 14.8 Å². The van der Waals surface area contributed by atoms with Gasteiger partial charge >= 0.3 is 5.97 Å². The fourth-order valence-corrected chi connectivity index (χ4v) is 2.92. The fourth-order valence-electron chi connectivity index (χ4n) is 2.92. The summed E-state index contributed by atoms with van der Waals surface area (Å²) in [5, 5.41) is 17.4. The third-order valence-corrected chi connectivity index (χ3v) is 3.79. The maximum atomic E-state index is 10.9. The average Bonchev–Trinajstić information content (AvgIpc) is 2.92. The molecule has 0 spiro atoms. The molecule has 3 rings (SSSR count). The third kappa shape index (κ3) is 1.42. The second-order valence-corrected chi connectivity index (χ2v) is 4.77. The number of hydrogen-bond acceptors (Lipinski definition) is 3. The zero-order chi connectivity index (χ0) is 11.1. The minimum atomic E-state index is -0.663. The maximum Gasteiger partial charge on any atom is 0.306 e. The first-order valence-corrected chi connectivity index (χ1v) is 5.90. The lowest BCUT2D eigenvalue weighted by molar-refractivity contribution is -0.141. The van der Waals surface area contributed by atoms with Crippen LogP contribution >= 0.6 is 0 Å². The zero-order valence-electron chi connectivity index (χ0n) is 9.09. The molecule has 16 heavy (non-hydrogen) atoms. The molecule has 0 radical (unpaired) electrons. The van der Waals surface area contributed by atoms with Crippen molar-refractivity contribution in [2.75, 3.05) is 0 Å². The highest BCUT2D eigenvalue weighted by Gasteiger charge is 2.34. The molecule has 2 atom stereocenters. The molecule has 1 saturated carbocycles. The quantitative estimate of drug-likeness (QED) is 0.814. The summed E-state index contributed by atoms with van der Waals surface area (Å²) in [7, 11) is 0. The Hall–Kier alpha value is -1.39. The number of aliphatic carboxylic acids is 1. The number of aryl methyl sites for hydroxylation is 1. The van der Waals surface area contributed by atoms with Crippen LogP contribution in [0.4, 0.5) is 0 Å². The van der Waals surface area contributed by atoms with E-state index >= 15 is 0 Å². The fraction of sp³-hybridized carbons (Fsp3) is 0.727. The molecule has 0 aromatic carbocycles. The minimum Gasteiger partial charge on any atom is -0.481 e. The molecule has 0 amide bonds. The molecule has 1 aliphatic carbocycles. The second-order valence-electron chi connectivity index (χ2n) is 4.77. The minimum absolute atomic E-state index is 0.181. The van der Waals surface area contributed by atoms with E-state index in [1.54, 1.807) is 0 Å². The lowest BCUT2D eigenvalue weighted by Gasteiger charge is -2.09. The molecule has 2 aliphatic rings. The van der Waals surface area contributed by atoms with E-state index in [1.807, 2.05) is 0 Å². The van der Waals surface area contributed by atoms with Crippen LogP contribution in [0.2, 0.25) is 0 Å². The summed E-state index contributed by atoms with van der Waals surface area (Å²) in [6, 6.07) is 0. The molecule has 1 aromatic heterocycles. The molecule has 1 aromatic rings. The molecule has 86 valence electrons. The second kappa shape index (κ2) is 3.57. The number of nitrogens with zero attached hydrogens (tertiary/aromatic N) is 3. The van der Waals surface area contributed by atoms with Crippen molar-refractivity contribution in [1.82, 2.24) is 14.8 Å². The Bertz CT molecular complexity index is 427. The SMILES string of the molecule is O=C(O)C1CCC(c2nnc3n2CCC3)C1. The van der Waals surface area contributed by atoms with Crippen LogP contribution in [0, 0.1) is 5.92 Å². The van der Waals surface area contributed by atoms with Crippen LogP contribution in [0.15, 0.2) is 0 Å². The van der Waals surface area contributed by atoms with Gasteiger partial charge in [-0.3, -0.25) is 4.79 Å². The highest BCUT2D eigenvalue weighted by molar-refractivity contribution is 5.70. The highest BCUT2D eigenvalue weighted by Crippen LogP contribution is 2.38. The topological polar surface area (TPSA) is 68.0 Å². The van der Waals surface area contributed by atoms with Crippen LogP contribution in [0.5, 0.6) is 0 Å². The van der Waals surface area contributed by atoms with E-state index in [4.69, 9.17) is 5.11 Å². The number of carbonyl (C=O) groups is 1. The number of hydrogen-bond donors (Lipinski definition) is 1. The van der Waals surface area contributed by atoms with E-state index in [1.165, 1.54) is 0 Å². The number of carboxylic acids is 1. The predicted octanol–water partition coefficient (Wildman–Crippen LogP) is 1.19. The zero-order valence-corrected chi connectivity index (χ0v) is 9.09. The van der Waals surface area contributed by atoms with Gasteiger partial charge in [0.05, 0.1) is 5.92 Å². The van der Waals surface area contributed by atoms with Crippen LogP contribution in [0.3, 0.4) is 0 Å². The third-order valence-electron chi connectivity index (χ3n) is 3.79. The first-order chi connectivity index (χ1) is 7.75. The molecular formula is C11H15N3O2. The van der Waals surface area contributed by atoms with Gasteiger partial charge in [-0.1, -0.05) is 0 Å². The number of carboxylic acid groups (broad SMARTS) is 1. The molecule has 2 heterocycles. The van der Waals surface area contributed by atoms with Gasteiger partial charge in [0.1, 0.15) is 11.6 Å². The van der Waals surface area contributed by atoms with Crippen molar-refractivity contribution in [1.29, 1.82) is 0 Å². The summed E-state index contributed by atoms with van der Waals surface area (Å²) in [4.78, 5) is 10.9. The molecule has 1 N–H and O–H groups in total. The summed E-state index contributed by atoms with van der Waals surface area (Å²) in [6.45, 7) is 1.01. The normalized spacial score (nSPS) is 28.2. The molecule has 1 fully saturated rings. The summed E-state index contributed by atoms with van der Waals surface area (Å²) < 4.78 is 2.19. The van der Waals surface area contributed by atoms with E-state index in [9.17, 15) is 4.79 Å². The summed E-state index contributed by atoms with van der Waals surface area (Å²) in [6.07, 6.45) is 4.61. The lowest BCUT2D eigenvalue weighted by atomic mass is 10.0. The van der Waals surface area contributed by atoms with E-state index in [-0.39, 0.29) is 5.92 Å². The Kier molecular flexibility index (Phi) is 2.19. The van der Waals surface area contributed by atoms with Gasteiger partial charge in [-0.15, -0.1) is 10.2 Å². The first-order valence-electron chi connectivity index (χ1n) is 5.90. The molecule has 5 heteroatoms. The Morgan fingerprint density at radius 3 is 3.00 bits per heavy atom. The van der Waals surface area contributed by atoms with Crippen LogP contribution in [0.1, 0.15) is 43.3 Å². The summed E-state index contributed by atoms with van der Waals surface area (Å²) in [5.74, 6) is 1.56. The average molecular weight is 221 g/mol. The summed E-state index contributed by atoms with van der Waals surface area (Å²) >= 11 is 0. The van der Waals surface area contributed by atoms with Gasteiger partial charge < -0.3 is 9.67 Å². The molecule has 0 bridgehead atoms. The number of rotatable bonds is 2. The van der Waals surface area contributed by atoms with E-state index < -0.39 is 5.97 Å². The Morgan fingerprint density at radius 2 is 2.25 bits per heavy atom. The maximum absolute atomic E-state index is 10.9. The number of aromatic nitrogens is 3. The van der Waals surface area contributed by atoms with Gasteiger partial charge in [0.2, 0.25) is 0 Å². The Morgan fingerprint density at radius 1 is 1.38 bits per heavy atom. The molecular weight excluding hydrogens is 206 g/mol. The van der Waals surface area contributed by atoms with Crippen molar-refractivity contribution in [3.8, 4) is 0 Å². The number of fused-ring (bicyclic) bond motifs is 1. The van der Waals surface area contributed by atoms with Crippen molar-refractivity contribution in [3.63, 3.8) is 0 Å². The van der Waals surface area contributed by atoms with Crippen molar-refractivity contribution in [2.24, 2.45) is 5.92 Å². The molecule has 0 saturated heterocycles. The van der Waals surface area contributed by atoms with Crippen LogP contribution in [-0.2, 0) is 17.8 Å². The van der Waals surface area contributed by atoms with Gasteiger partial charge in [0.25, 0.3) is 0 Å². The smallest absolute Gasteiger partial charge is 0.306 e.